The summed E-state index contributed by atoms with van der Waals surface area (Å²) >= 11 is 0. The van der Waals surface area contributed by atoms with Crippen molar-refractivity contribution in [2.24, 2.45) is 5.92 Å². The summed E-state index contributed by atoms with van der Waals surface area (Å²) in [6.45, 7) is 8.64. The van der Waals surface area contributed by atoms with Crippen LogP contribution >= 0.6 is 0 Å². The molecule has 0 radical (unpaired) electrons. The average Bonchev–Trinajstić information content (AvgIpc) is 3.47. The lowest BCUT2D eigenvalue weighted by Gasteiger charge is -2.36. The first-order chi connectivity index (χ1) is 20.9. The molecule has 43 heavy (non-hydrogen) atoms. The van der Waals surface area contributed by atoms with Crippen LogP contribution in [0.15, 0.2) is 72.9 Å². The zero-order valence-electron chi connectivity index (χ0n) is 26.8. The number of aryl methyl sites for hydroxylation is 1. The molecule has 0 bridgehead atoms. The van der Waals surface area contributed by atoms with Gasteiger partial charge in [-0.1, -0.05) is 102 Å². The number of hydrogen-bond acceptors (Lipinski definition) is 2. The highest BCUT2D eigenvalue weighted by Crippen LogP contribution is 2.25. The molecule has 1 aromatic heterocycles. The lowest BCUT2D eigenvalue weighted by atomic mass is 9.94. The topological polar surface area (TPSA) is 45.6 Å². The number of rotatable bonds is 16. The minimum absolute atomic E-state index is 0.0393. The molecule has 0 saturated heterocycles. The molecule has 0 aliphatic heterocycles. The first kappa shape index (κ1) is 32.6. The third-order valence-corrected chi connectivity index (χ3v) is 8.90. The summed E-state index contributed by atoms with van der Waals surface area (Å²) in [7, 11) is 0. The van der Waals surface area contributed by atoms with E-state index in [9.17, 15) is 9.59 Å². The summed E-state index contributed by atoms with van der Waals surface area (Å²) in [5, 5.41) is 0. The number of nitrogens with zero attached hydrogens (tertiary/aromatic N) is 3. The van der Waals surface area contributed by atoms with Gasteiger partial charge in [-0.25, -0.2) is 0 Å². The predicted octanol–water partition coefficient (Wildman–Crippen LogP) is 8.51. The molecule has 1 saturated carbocycles. The summed E-state index contributed by atoms with van der Waals surface area (Å²) in [5.41, 5.74) is 4.33. The molecule has 2 aromatic carbocycles. The highest BCUT2D eigenvalue weighted by atomic mass is 16.2. The van der Waals surface area contributed by atoms with Crippen LogP contribution in [0.2, 0.25) is 0 Å². The Balaban J connectivity index is 1.49. The Kier molecular flexibility index (Phi) is 12.9. The lowest BCUT2D eigenvalue weighted by molar-refractivity contribution is -0.135. The fourth-order valence-electron chi connectivity index (χ4n) is 6.19. The van der Waals surface area contributed by atoms with Gasteiger partial charge < -0.3 is 14.4 Å². The molecular formula is C38H53N3O2. The van der Waals surface area contributed by atoms with E-state index in [1.54, 1.807) is 4.90 Å². The maximum absolute atomic E-state index is 14.2. The molecule has 1 aliphatic carbocycles. The van der Waals surface area contributed by atoms with E-state index in [1.807, 2.05) is 18.2 Å². The van der Waals surface area contributed by atoms with Crippen LogP contribution in [0, 0.1) is 5.92 Å². The second-order valence-electron chi connectivity index (χ2n) is 12.8. The fourth-order valence-corrected chi connectivity index (χ4v) is 6.19. The third-order valence-electron chi connectivity index (χ3n) is 8.90. The number of unbranched alkanes of at least 4 members (excludes halogenated alkanes) is 3. The van der Waals surface area contributed by atoms with Gasteiger partial charge in [0.25, 0.3) is 5.91 Å². The summed E-state index contributed by atoms with van der Waals surface area (Å²) in [6, 6.07) is 23.0. The van der Waals surface area contributed by atoms with E-state index in [0.717, 1.165) is 50.8 Å². The first-order valence-corrected chi connectivity index (χ1v) is 16.8. The van der Waals surface area contributed by atoms with Crippen LogP contribution in [0.3, 0.4) is 0 Å². The van der Waals surface area contributed by atoms with Gasteiger partial charge in [-0.05, 0) is 73.4 Å². The third kappa shape index (κ3) is 10.1. The van der Waals surface area contributed by atoms with Crippen LogP contribution in [0.4, 0.5) is 0 Å². The van der Waals surface area contributed by atoms with Crippen molar-refractivity contribution in [2.75, 3.05) is 13.1 Å². The first-order valence-electron chi connectivity index (χ1n) is 16.8. The highest BCUT2D eigenvalue weighted by molar-refractivity contribution is 5.96. The van der Waals surface area contributed by atoms with Crippen molar-refractivity contribution < 1.29 is 9.59 Å². The van der Waals surface area contributed by atoms with Crippen molar-refractivity contribution in [1.29, 1.82) is 0 Å². The quantitative estimate of drug-likeness (QED) is 0.159. The van der Waals surface area contributed by atoms with E-state index in [1.165, 1.54) is 43.2 Å². The molecule has 2 amide bonds. The van der Waals surface area contributed by atoms with Gasteiger partial charge in [-0.2, -0.15) is 0 Å². The van der Waals surface area contributed by atoms with Crippen molar-refractivity contribution in [3.63, 3.8) is 0 Å². The lowest BCUT2D eigenvalue weighted by Crippen LogP contribution is -2.48. The molecular weight excluding hydrogens is 530 g/mol. The molecule has 1 heterocycles. The van der Waals surface area contributed by atoms with Crippen molar-refractivity contribution >= 4 is 11.8 Å². The normalized spacial score (nSPS) is 13.8. The van der Waals surface area contributed by atoms with Crippen LogP contribution in [-0.4, -0.2) is 45.3 Å². The van der Waals surface area contributed by atoms with Crippen LogP contribution in [0.1, 0.15) is 112 Å². The van der Waals surface area contributed by atoms with Crippen molar-refractivity contribution in [3.8, 4) is 0 Å². The largest absolute Gasteiger partial charge is 0.345 e. The van der Waals surface area contributed by atoms with Gasteiger partial charge in [0.2, 0.25) is 5.91 Å². The van der Waals surface area contributed by atoms with Crippen molar-refractivity contribution in [3.05, 3.63) is 95.3 Å². The second kappa shape index (κ2) is 17.1. The minimum atomic E-state index is -0.0393. The molecule has 1 fully saturated rings. The van der Waals surface area contributed by atoms with Gasteiger partial charge in [-0.15, -0.1) is 0 Å². The van der Waals surface area contributed by atoms with E-state index >= 15 is 0 Å². The molecule has 0 spiro atoms. The fraction of sp³-hybridized carbons (Fsp3) is 0.526. The number of carbonyl (C=O) groups is 2. The van der Waals surface area contributed by atoms with Gasteiger partial charge in [0.1, 0.15) is 6.54 Å². The van der Waals surface area contributed by atoms with Gasteiger partial charge in [-0.3, -0.25) is 9.59 Å². The number of carbonyl (C=O) groups excluding carboxylic acids is 2. The van der Waals surface area contributed by atoms with Crippen LogP contribution in [-0.2, 0) is 24.3 Å². The summed E-state index contributed by atoms with van der Waals surface area (Å²) in [6.07, 6.45) is 14.6. The summed E-state index contributed by atoms with van der Waals surface area (Å²) in [4.78, 5) is 31.9. The van der Waals surface area contributed by atoms with E-state index < -0.39 is 0 Å². The summed E-state index contributed by atoms with van der Waals surface area (Å²) < 4.78 is 2.25. The van der Waals surface area contributed by atoms with Crippen molar-refractivity contribution in [2.45, 2.75) is 111 Å². The molecule has 4 rings (SSSR count). The SMILES string of the molecule is CCCCCCc1ccc(C(=O)N(CCC(C)C)CC(=O)N(Cc2cccn2Cc2ccccc2)C2CCCCC2)cc1. The number of amides is 2. The predicted molar refractivity (Wildman–Crippen MR) is 177 cm³/mol. The Morgan fingerprint density at radius 1 is 0.860 bits per heavy atom. The number of benzene rings is 2. The molecule has 0 unspecified atom stereocenters. The van der Waals surface area contributed by atoms with Crippen LogP contribution in [0.25, 0.3) is 0 Å². The number of aromatic nitrogens is 1. The molecule has 5 nitrogen and oxygen atoms in total. The zero-order valence-corrected chi connectivity index (χ0v) is 26.8. The minimum Gasteiger partial charge on any atom is -0.345 e. The van der Waals surface area contributed by atoms with Crippen LogP contribution in [0.5, 0.6) is 0 Å². The van der Waals surface area contributed by atoms with E-state index in [-0.39, 0.29) is 24.4 Å². The molecule has 3 aromatic rings. The Labute approximate surface area is 260 Å². The molecule has 0 atom stereocenters. The highest BCUT2D eigenvalue weighted by Gasteiger charge is 2.29. The van der Waals surface area contributed by atoms with Gasteiger partial charge in [0.05, 0.1) is 6.54 Å². The van der Waals surface area contributed by atoms with Gasteiger partial charge in [0.15, 0.2) is 0 Å². The Morgan fingerprint density at radius 3 is 2.30 bits per heavy atom. The maximum Gasteiger partial charge on any atom is 0.254 e. The van der Waals surface area contributed by atoms with E-state index in [2.05, 4.69) is 85.0 Å². The molecule has 1 aliphatic rings. The Morgan fingerprint density at radius 2 is 1.60 bits per heavy atom. The van der Waals surface area contributed by atoms with Crippen molar-refractivity contribution in [1.82, 2.24) is 14.4 Å². The maximum atomic E-state index is 14.2. The number of hydrogen-bond donors (Lipinski definition) is 0. The Hall–Kier alpha value is -3.34. The second-order valence-corrected chi connectivity index (χ2v) is 12.8. The zero-order chi connectivity index (χ0) is 30.4. The standard InChI is InChI=1S/C38H53N3O2/c1-4-5-6-9-15-32-21-23-34(24-22-32)38(43)40(27-25-31(2)3)30-37(42)41(35-18-12-8-13-19-35)29-36-20-14-26-39(36)28-33-16-10-7-11-17-33/h7,10-11,14,16-17,20-24,26,31,35H,4-6,8-9,12-13,15,18-19,25,27-30H2,1-3H3. The van der Waals surface area contributed by atoms with Gasteiger partial charge in [0, 0.05) is 36.6 Å². The average molecular weight is 584 g/mol. The summed E-state index contributed by atoms with van der Waals surface area (Å²) in [5.74, 6) is 0.471. The Bertz CT molecular complexity index is 1240. The molecule has 5 heteroatoms. The monoisotopic (exact) mass is 583 g/mol. The smallest absolute Gasteiger partial charge is 0.254 e. The van der Waals surface area contributed by atoms with Gasteiger partial charge >= 0.3 is 0 Å². The van der Waals surface area contributed by atoms with E-state index in [0.29, 0.717) is 24.6 Å². The molecule has 232 valence electrons. The molecule has 0 N–H and O–H groups in total. The van der Waals surface area contributed by atoms with E-state index in [4.69, 9.17) is 0 Å². The van der Waals surface area contributed by atoms with Crippen LogP contribution < -0.4 is 0 Å².